The molecule has 0 unspecified atom stereocenters. The first kappa shape index (κ1) is 18.5. The molecule has 0 saturated carbocycles. The molecule has 1 fully saturated rings. The molecule has 1 aliphatic rings. The minimum Gasteiger partial charge on any atom is -0.508 e. The number of aromatic hydroxyl groups is 1. The molecule has 1 aromatic heterocycles. The second-order valence-electron chi connectivity index (χ2n) is 6.53. The number of aliphatic hydroxyl groups is 3. The molecular weight excluding hydrogens is 368 g/mol. The van der Waals surface area contributed by atoms with Gasteiger partial charge in [-0.05, 0) is 0 Å². The third kappa shape index (κ3) is 3.34. The molecular formula is C20H18O8. The predicted molar refractivity (Wildman–Crippen MR) is 98.0 cm³/mol. The molecule has 4 N–H and O–H groups in total. The fraction of sp³-hybridized carbons (Fsp3) is 0.250. The molecule has 1 aliphatic heterocycles. The van der Waals surface area contributed by atoms with Crippen molar-refractivity contribution in [3.63, 3.8) is 0 Å². The Balaban J connectivity index is 1.76. The van der Waals surface area contributed by atoms with Gasteiger partial charge in [0.15, 0.2) is 5.43 Å². The summed E-state index contributed by atoms with van der Waals surface area (Å²) >= 11 is 0. The van der Waals surface area contributed by atoms with E-state index in [4.69, 9.17) is 13.9 Å². The molecule has 4 rings (SSSR count). The molecule has 8 heteroatoms. The highest BCUT2D eigenvalue weighted by atomic mass is 16.7. The van der Waals surface area contributed by atoms with Gasteiger partial charge in [0.25, 0.3) is 0 Å². The minimum absolute atomic E-state index is 0.0499. The standard InChI is InChI=1S/C20H18O8/c21-11-6-15-17(12(22)8-14(27-15)10-4-2-1-3-5-10)16(7-11)28-20-19(25)18(24)13(23)9-26-20/h1-8,13,18-21,23-25H,9H2/t13-,18-,19-,20+/m0/s1. The van der Waals surface area contributed by atoms with Crippen LogP contribution in [-0.4, -0.2) is 51.6 Å². The van der Waals surface area contributed by atoms with Gasteiger partial charge >= 0.3 is 0 Å². The average Bonchev–Trinajstić information content (AvgIpc) is 2.68. The largest absolute Gasteiger partial charge is 0.508 e. The van der Waals surface area contributed by atoms with Gasteiger partial charge in [-0.25, -0.2) is 0 Å². The van der Waals surface area contributed by atoms with Gasteiger partial charge in [-0.15, -0.1) is 0 Å². The first-order valence-electron chi connectivity index (χ1n) is 8.63. The maximum absolute atomic E-state index is 12.7. The fourth-order valence-corrected chi connectivity index (χ4v) is 3.08. The van der Waals surface area contributed by atoms with Gasteiger partial charge < -0.3 is 34.3 Å². The molecule has 0 radical (unpaired) electrons. The molecule has 0 amide bonds. The molecule has 28 heavy (non-hydrogen) atoms. The van der Waals surface area contributed by atoms with Gasteiger partial charge in [-0.3, -0.25) is 4.79 Å². The van der Waals surface area contributed by atoms with Gasteiger partial charge in [0.2, 0.25) is 6.29 Å². The Morgan fingerprint density at radius 1 is 1.00 bits per heavy atom. The van der Waals surface area contributed by atoms with E-state index in [2.05, 4.69) is 0 Å². The summed E-state index contributed by atoms with van der Waals surface area (Å²) in [5.74, 6) is 0.0277. The summed E-state index contributed by atoms with van der Waals surface area (Å²) in [4.78, 5) is 12.7. The van der Waals surface area contributed by atoms with E-state index in [0.717, 1.165) is 0 Å². The lowest BCUT2D eigenvalue weighted by atomic mass is 10.1. The first-order chi connectivity index (χ1) is 13.4. The Bertz CT molecular complexity index is 1050. The van der Waals surface area contributed by atoms with E-state index in [1.54, 1.807) is 24.3 Å². The van der Waals surface area contributed by atoms with Crippen molar-refractivity contribution in [3.05, 3.63) is 58.8 Å². The highest BCUT2D eigenvalue weighted by Gasteiger charge is 2.39. The highest BCUT2D eigenvalue weighted by molar-refractivity contribution is 5.86. The number of phenolic OH excluding ortho intramolecular Hbond substituents is 1. The van der Waals surface area contributed by atoms with Gasteiger partial charge in [0, 0.05) is 23.8 Å². The van der Waals surface area contributed by atoms with Crippen LogP contribution < -0.4 is 10.2 Å². The Morgan fingerprint density at radius 2 is 1.75 bits per heavy atom. The van der Waals surface area contributed by atoms with Crippen LogP contribution in [0.15, 0.2) is 57.7 Å². The van der Waals surface area contributed by atoms with E-state index in [1.807, 2.05) is 6.07 Å². The molecule has 3 aromatic rings. The molecule has 2 aromatic carbocycles. The molecule has 1 saturated heterocycles. The SMILES string of the molecule is O=c1cc(-c2ccccc2)oc2cc(O)cc(O[C@H]3OC[C@H](O)[C@H](O)[C@@H]3O)c12. The number of hydrogen-bond donors (Lipinski definition) is 4. The first-order valence-corrected chi connectivity index (χ1v) is 8.63. The van der Waals surface area contributed by atoms with Crippen molar-refractivity contribution in [1.29, 1.82) is 0 Å². The van der Waals surface area contributed by atoms with Crippen LogP contribution in [0.4, 0.5) is 0 Å². The van der Waals surface area contributed by atoms with Gasteiger partial charge in [0.05, 0.1) is 6.61 Å². The number of phenols is 1. The van der Waals surface area contributed by atoms with Crippen molar-refractivity contribution in [2.45, 2.75) is 24.6 Å². The second kappa shape index (κ2) is 7.25. The quantitative estimate of drug-likeness (QED) is 0.524. The van der Waals surface area contributed by atoms with Gasteiger partial charge in [-0.2, -0.15) is 0 Å². The summed E-state index contributed by atoms with van der Waals surface area (Å²) in [5, 5.41) is 39.4. The van der Waals surface area contributed by atoms with Crippen LogP contribution in [0.25, 0.3) is 22.3 Å². The van der Waals surface area contributed by atoms with Crippen LogP contribution in [-0.2, 0) is 4.74 Å². The van der Waals surface area contributed by atoms with Crippen molar-refractivity contribution in [2.75, 3.05) is 6.61 Å². The summed E-state index contributed by atoms with van der Waals surface area (Å²) in [6.45, 7) is -0.258. The van der Waals surface area contributed by atoms with Crippen LogP contribution >= 0.6 is 0 Å². The Morgan fingerprint density at radius 3 is 2.50 bits per heavy atom. The third-order valence-electron chi connectivity index (χ3n) is 4.53. The van der Waals surface area contributed by atoms with Crippen molar-refractivity contribution < 1.29 is 34.3 Å². The third-order valence-corrected chi connectivity index (χ3v) is 4.53. The zero-order chi connectivity index (χ0) is 19.8. The summed E-state index contributed by atoms with van der Waals surface area (Å²) < 4.78 is 16.5. The van der Waals surface area contributed by atoms with Gasteiger partial charge in [0.1, 0.15) is 46.5 Å². The lowest BCUT2D eigenvalue weighted by Crippen LogP contribution is -2.54. The van der Waals surface area contributed by atoms with Crippen LogP contribution in [0, 0.1) is 0 Å². The van der Waals surface area contributed by atoms with Gasteiger partial charge in [-0.1, -0.05) is 30.3 Å². The number of fused-ring (bicyclic) bond motifs is 1. The summed E-state index contributed by atoms with van der Waals surface area (Å²) in [6.07, 6.45) is -5.61. The number of ether oxygens (including phenoxy) is 2. The zero-order valence-electron chi connectivity index (χ0n) is 14.6. The zero-order valence-corrected chi connectivity index (χ0v) is 14.6. The van der Waals surface area contributed by atoms with E-state index in [0.29, 0.717) is 11.3 Å². The average molecular weight is 386 g/mol. The fourth-order valence-electron chi connectivity index (χ4n) is 3.08. The van der Waals surface area contributed by atoms with Crippen LogP contribution in [0.1, 0.15) is 0 Å². The van der Waals surface area contributed by atoms with Crippen LogP contribution in [0.3, 0.4) is 0 Å². The van der Waals surface area contributed by atoms with E-state index >= 15 is 0 Å². The molecule has 0 spiro atoms. The van der Waals surface area contributed by atoms with Crippen LogP contribution in [0.2, 0.25) is 0 Å². The minimum atomic E-state index is -1.54. The summed E-state index contributed by atoms with van der Waals surface area (Å²) in [5.41, 5.74) is 0.365. The predicted octanol–water partition coefficient (Wildman–Crippen LogP) is 0.983. The maximum Gasteiger partial charge on any atom is 0.228 e. The van der Waals surface area contributed by atoms with Crippen LogP contribution in [0.5, 0.6) is 11.5 Å². The molecule has 8 nitrogen and oxygen atoms in total. The van der Waals surface area contributed by atoms with Crippen molar-refractivity contribution in [2.24, 2.45) is 0 Å². The highest BCUT2D eigenvalue weighted by Crippen LogP contribution is 2.33. The normalized spacial score (nSPS) is 25.0. The monoisotopic (exact) mass is 386 g/mol. The molecule has 0 aliphatic carbocycles. The molecule has 2 heterocycles. The summed E-state index contributed by atoms with van der Waals surface area (Å²) in [6, 6.07) is 12.8. The Labute approximate surface area is 158 Å². The van der Waals surface area contributed by atoms with Crippen molar-refractivity contribution >= 4 is 11.0 Å². The smallest absolute Gasteiger partial charge is 0.228 e. The Kier molecular flexibility index (Phi) is 4.78. The molecule has 146 valence electrons. The molecule has 4 atom stereocenters. The van der Waals surface area contributed by atoms with E-state index in [-0.39, 0.29) is 29.1 Å². The topological polar surface area (TPSA) is 130 Å². The van der Waals surface area contributed by atoms with Crippen molar-refractivity contribution in [3.8, 4) is 22.8 Å². The maximum atomic E-state index is 12.7. The number of benzene rings is 2. The van der Waals surface area contributed by atoms with E-state index in [1.165, 1.54) is 18.2 Å². The summed E-state index contributed by atoms with van der Waals surface area (Å²) in [7, 11) is 0. The molecule has 0 bridgehead atoms. The Hall–Kier alpha value is -2.91. The number of hydrogen-bond acceptors (Lipinski definition) is 8. The second-order valence-corrected chi connectivity index (χ2v) is 6.53. The van der Waals surface area contributed by atoms with Crippen molar-refractivity contribution in [1.82, 2.24) is 0 Å². The lowest BCUT2D eigenvalue weighted by molar-refractivity contribution is -0.241. The number of aliphatic hydroxyl groups excluding tert-OH is 3. The van der Waals surface area contributed by atoms with E-state index < -0.39 is 30.0 Å². The number of rotatable bonds is 3. The lowest BCUT2D eigenvalue weighted by Gasteiger charge is -2.35. The van der Waals surface area contributed by atoms with E-state index in [9.17, 15) is 25.2 Å².